The minimum atomic E-state index is -4.45. The summed E-state index contributed by atoms with van der Waals surface area (Å²) in [4.78, 5) is 23.6. The second-order valence-corrected chi connectivity index (χ2v) is 11.0. The molecule has 1 aliphatic heterocycles. The lowest BCUT2D eigenvalue weighted by Crippen LogP contribution is -2.55. The molecule has 10 heteroatoms. The third-order valence-corrected chi connectivity index (χ3v) is 6.89. The van der Waals surface area contributed by atoms with Gasteiger partial charge in [-0.2, -0.15) is 0 Å². The fraction of sp³-hybridized carbons (Fsp3) is 0.913. The summed E-state index contributed by atoms with van der Waals surface area (Å²) < 4.78 is 43.6. The standard InChI is InChI=1S/C23H43NO8S/c1-3-4-8-11-22(26)31-17-10-7-5-6-9-12-23(27)32-21-13-15-24(2,16-14-21)18-20(25)19-33(28,29)30/h20-21,25H,3-19H2,1-2H3. The molecule has 194 valence electrons. The van der Waals surface area contributed by atoms with Gasteiger partial charge in [0.1, 0.15) is 18.8 Å². The van der Waals surface area contributed by atoms with Crippen molar-refractivity contribution in [3.63, 3.8) is 0 Å². The molecule has 0 aromatic rings. The maximum Gasteiger partial charge on any atom is 0.306 e. The number of rotatable bonds is 17. The number of piperidine rings is 1. The Morgan fingerprint density at radius 1 is 1.00 bits per heavy atom. The Bertz CT molecular complexity index is 674. The van der Waals surface area contributed by atoms with Gasteiger partial charge in [-0.25, -0.2) is 8.42 Å². The van der Waals surface area contributed by atoms with Crippen LogP contribution in [0.5, 0.6) is 0 Å². The number of likely N-dealkylation sites (N-methyl/N-ethyl adjacent to an activating group) is 1. The highest BCUT2D eigenvalue weighted by Crippen LogP contribution is 2.21. The third-order valence-electron chi connectivity index (χ3n) is 6.10. The number of aliphatic hydroxyl groups is 1. The molecule has 1 heterocycles. The molecule has 0 bridgehead atoms. The van der Waals surface area contributed by atoms with Gasteiger partial charge in [-0.1, -0.05) is 39.0 Å². The second-order valence-electron chi connectivity index (χ2n) is 9.51. The van der Waals surface area contributed by atoms with Crippen molar-refractivity contribution in [2.45, 2.75) is 96.2 Å². The van der Waals surface area contributed by atoms with Crippen LogP contribution in [0.3, 0.4) is 0 Å². The molecule has 1 rings (SSSR count). The maximum absolute atomic E-state index is 12.1. The Kier molecular flexibility index (Phi) is 14.1. The molecule has 1 N–H and O–H groups in total. The Morgan fingerprint density at radius 3 is 2.21 bits per heavy atom. The largest absolute Gasteiger partial charge is 0.748 e. The van der Waals surface area contributed by atoms with Crippen molar-refractivity contribution in [1.82, 2.24) is 0 Å². The fourth-order valence-corrected chi connectivity index (χ4v) is 4.77. The number of hydrogen-bond donors (Lipinski definition) is 1. The monoisotopic (exact) mass is 493 g/mol. The van der Waals surface area contributed by atoms with E-state index in [0.717, 1.165) is 51.4 Å². The zero-order valence-electron chi connectivity index (χ0n) is 20.3. The van der Waals surface area contributed by atoms with Gasteiger partial charge in [0, 0.05) is 25.7 Å². The lowest BCUT2D eigenvalue weighted by atomic mass is 10.0. The van der Waals surface area contributed by atoms with E-state index in [0.29, 0.717) is 49.9 Å². The van der Waals surface area contributed by atoms with Gasteiger partial charge in [0.2, 0.25) is 0 Å². The van der Waals surface area contributed by atoms with E-state index in [1.54, 1.807) is 0 Å². The fourth-order valence-electron chi connectivity index (χ4n) is 4.19. The molecule has 1 aliphatic rings. The molecule has 0 radical (unpaired) electrons. The number of carbonyl (C=O) groups is 2. The molecule has 1 fully saturated rings. The number of esters is 2. The van der Waals surface area contributed by atoms with Gasteiger partial charge < -0.3 is 23.6 Å². The maximum atomic E-state index is 12.1. The molecule has 0 aromatic heterocycles. The molecule has 0 spiro atoms. The molecule has 0 saturated carbocycles. The van der Waals surface area contributed by atoms with E-state index in [1.165, 1.54) is 0 Å². The van der Waals surface area contributed by atoms with E-state index in [1.807, 2.05) is 7.05 Å². The van der Waals surface area contributed by atoms with Crippen molar-refractivity contribution in [1.29, 1.82) is 0 Å². The van der Waals surface area contributed by atoms with Crippen molar-refractivity contribution in [3.8, 4) is 0 Å². The quantitative estimate of drug-likeness (QED) is 0.142. The van der Waals surface area contributed by atoms with Gasteiger partial charge in [0.25, 0.3) is 0 Å². The van der Waals surface area contributed by atoms with Crippen LogP contribution in [0.4, 0.5) is 0 Å². The van der Waals surface area contributed by atoms with E-state index in [9.17, 15) is 27.7 Å². The van der Waals surface area contributed by atoms with Crippen LogP contribution in [0, 0.1) is 0 Å². The minimum absolute atomic E-state index is 0.111. The van der Waals surface area contributed by atoms with Crippen LogP contribution < -0.4 is 0 Å². The number of carbonyl (C=O) groups excluding carboxylic acids is 2. The first-order chi connectivity index (χ1) is 15.5. The van der Waals surface area contributed by atoms with Gasteiger partial charge in [0.15, 0.2) is 0 Å². The zero-order chi connectivity index (χ0) is 24.7. The van der Waals surface area contributed by atoms with E-state index < -0.39 is 22.0 Å². The summed E-state index contributed by atoms with van der Waals surface area (Å²) in [6.07, 6.45) is 8.38. The molecule has 0 aromatic carbocycles. The molecular weight excluding hydrogens is 450 g/mol. The third kappa shape index (κ3) is 15.3. The molecule has 9 nitrogen and oxygen atoms in total. The number of aliphatic hydroxyl groups excluding tert-OH is 1. The van der Waals surface area contributed by atoms with Crippen LogP contribution in [0.2, 0.25) is 0 Å². The normalized spacial score (nSPS) is 22.0. The zero-order valence-corrected chi connectivity index (χ0v) is 21.2. The highest BCUT2D eigenvalue weighted by molar-refractivity contribution is 7.85. The number of likely N-dealkylation sites (tertiary alicyclic amines) is 1. The van der Waals surface area contributed by atoms with Crippen LogP contribution in [-0.4, -0.2) is 85.7 Å². The molecule has 1 unspecified atom stereocenters. The van der Waals surface area contributed by atoms with Crippen LogP contribution in [0.1, 0.15) is 84.0 Å². The number of hydrogen-bond acceptors (Lipinski definition) is 8. The predicted molar refractivity (Wildman–Crippen MR) is 123 cm³/mol. The second kappa shape index (κ2) is 15.6. The number of unbranched alkanes of at least 4 members (excludes halogenated alkanes) is 6. The summed E-state index contributed by atoms with van der Waals surface area (Å²) >= 11 is 0. The van der Waals surface area contributed by atoms with E-state index in [-0.39, 0.29) is 24.6 Å². The molecule has 33 heavy (non-hydrogen) atoms. The lowest BCUT2D eigenvalue weighted by Gasteiger charge is -2.41. The summed E-state index contributed by atoms with van der Waals surface area (Å²) in [6.45, 7) is 4.06. The molecule has 1 saturated heterocycles. The predicted octanol–water partition coefficient (Wildman–Crippen LogP) is 2.51. The first kappa shape index (κ1) is 29.8. The first-order valence-corrected chi connectivity index (χ1v) is 13.9. The summed E-state index contributed by atoms with van der Waals surface area (Å²) in [5.74, 6) is -1.09. The number of nitrogens with zero attached hydrogens (tertiary/aromatic N) is 1. The van der Waals surface area contributed by atoms with Gasteiger partial charge in [-0.3, -0.25) is 9.59 Å². The van der Waals surface area contributed by atoms with Gasteiger partial charge >= 0.3 is 11.9 Å². The Balaban J connectivity index is 2.06. The summed E-state index contributed by atoms with van der Waals surface area (Å²) in [5, 5.41) is 9.86. The van der Waals surface area contributed by atoms with Crippen molar-refractivity contribution < 1.29 is 41.6 Å². The van der Waals surface area contributed by atoms with Crippen LogP contribution in [0.15, 0.2) is 0 Å². The molecule has 0 amide bonds. The van der Waals surface area contributed by atoms with Gasteiger partial charge in [-0.05, 0) is 19.3 Å². The summed E-state index contributed by atoms with van der Waals surface area (Å²) in [6, 6.07) is 0. The summed E-state index contributed by atoms with van der Waals surface area (Å²) in [5.41, 5.74) is 0. The summed E-state index contributed by atoms with van der Waals surface area (Å²) in [7, 11) is -2.54. The highest BCUT2D eigenvalue weighted by atomic mass is 32.2. The minimum Gasteiger partial charge on any atom is -0.748 e. The smallest absolute Gasteiger partial charge is 0.306 e. The number of ether oxygens (including phenoxy) is 2. The Morgan fingerprint density at radius 2 is 1.58 bits per heavy atom. The molecular formula is C23H43NO8S. The van der Waals surface area contributed by atoms with Crippen LogP contribution >= 0.6 is 0 Å². The van der Waals surface area contributed by atoms with Crippen LogP contribution in [0.25, 0.3) is 0 Å². The Labute approximate surface area is 199 Å². The van der Waals surface area contributed by atoms with Crippen LogP contribution in [-0.2, 0) is 29.2 Å². The first-order valence-electron chi connectivity index (χ1n) is 12.3. The van der Waals surface area contributed by atoms with Crippen molar-refractivity contribution in [2.24, 2.45) is 0 Å². The van der Waals surface area contributed by atoms with E-state index >= 15 is 0 Å². The lowest BCUT2D eigenvalue weighted by molar-refractivity contribution is -0.917. The topological polar surface area (TPSA) is 130 Å². The van der Waals surface area contributed by atoms with Gasteiger partial charge in [0.05, 0.1) is 42.6 Å². The van der Waals surface area contributed by atoms with Crippen molar-refractivity contribution in [2.75, 3.05) is 39.0 Å². The average Bonchev–Trinajstić information content (AvgIpc) is 2.70. The molecule has 0 aliphatic carbocycles. The van der Waals surface area contributed by atoms with Gasteiger partial charge in [-0.15, -0.1) is 0 Å². The Hall–Kier alpha value is -1.23. The number of quaternary nitrogens is 1. The highest BCUT2D eigenvalue weighted by Gasteiger charge is 2.33. The van der Waals surface area contributed by atoms with Crippen molar-refractivity contribution >= 4 is 22.1 Å². The van der Waals surface area contributed by atoms with E-state index in [4.69, 9.17) is 9.47 Å². The SMILES string of the molecule is CCCCCC(=O)OCCCCCCCC(=O)OC1CC[N+](C)(CC(O)CS(=O)(=O)[O-])CC1. The van der Waals surface area contributed by atoms with Crippen molar-refractivity contribution in [3.05, 3.63) is 0 Å². The molecule has 1 atom stereocenters. The average molecular weight is 494 g/mol. The van der Waals surface area contributed by atoms with E-state index in [2.05, 4.69) is 6.92 Å².